The van der Waals surface area contributed by atoms with Gasteiger partial charge in [0.2, 0.25) is 0 Å². The number of nitrogens with two attached hydrogens (primary N) is 1. The quantitative estimate of drug-likeness (QED) is 0.867. The molecule has 3 atom stereocenters. The maximum atomic E-state index is 6.09. The van der Waals surface area contributed by atoms with Gasteiger partial charge < -0.3 is 10.5 Å². The predicted molar refractivity (Wildman–Crippen MR) is 83.6 cm³/mol. The molecule has 1 fully saturated rings. The molecular formula is C17H28N2O. The molecule has 1 saturated heterocycles. The molecule has 1 heterocycles. The zero-order chi connectivity index (χ0) is 14.5. The Balaban J connectivity index is 2.18. The van der Waals surface area contributed by atoms with Crippen LogP contribution in [0, 0.1) is 0 Å². The second kappa shape index (κ2) is 7.21. The number of likely N-dealkylation sites (tertiary alicyclic amines) is 1. The third kappa shape index (κ3) is 3.22. The van der Waals surface area contributed by atoms with Crippen LogP contribution in [0.4, 0.5) is 0 Å². The van der Waals surface area contributed by atoms with Crippen LogP contribution in [0.2, 0.25) is 0 Å². The van der Waals surface area contributed by atoms with E-state index in [1.54, 1.807) is 7.11 Å². The van der Waals surface area contributed by atoms with Gasteiger partial charge in [0.05, 0.1) is 6.61 Å². The summed E-state index contributed by atoms with van der Waals surface area (Å²) in [6.45, 7) is 5.97. The van der Waals surface area contributed by atoms with Gasteiger partial charge in [-0.05, 0) is 37.3 Å². The fourth-order valence-corrected chi connectivity index (χ4v) is 3.50. The van der Waals surface area contributed by atoms with Gasteiger partial charge in [-0.2, -0.15) is 0 Å². The van der Waals surface area contributed by atoms with Crippen molar-refractivity contribution in [3.63, 3.8) is 0 Å². The molecule has 1 aromatic rings. The molecule has 112 valence electrons. The number of benzene rings is 1. The zero-order valence-corrected chi connectivity index (χ0v) is 13.0. The number of ether oxygens (including phenoxy) is 1. The highest BCUT2D eigenvalue weighted by molar-refractivity contribution is 5.25. The van der Waals surface area contributed by atoms with Crippen LogP contribution in [0.3, 0.4) is 0 Å². The number of nitrogens with zero attached hydrogens (tertiary/aromatic N) is 1. The van der Waals surface area contributed by atoms with E-state index in [4.69, 9.17) is 10.5 Å². The highest BCUT2D eigenvalue weighted by Crippen LogP contribution is 2.34. The van der Waals surface area contributed by atoms with Gasteiger partial charge >= 0.3 is 0 Å². The van der Waals surface area contributed by atoms with Gasteiger partial charge in [0.25, 0.3) is 0 Å². The summed E-state index contributed by atoms with van der Waals surface area (Å²) >= 11 is 0. The van der Waals surface area contributed by atoms with Gasteiger partial charge in [-0.15, -0.1) is 0 Å². The van der Waals surface area contributed by atoms with E-state index in [2.05, 4.69) is 43.0 Å². The van der Waals surface area contributed by atoms with Crippen molar-refractivity contribution in [2.24, 2.45) is 5.73 Å². The topological polar surface area (TPSA) is 38.5 Å². The molecule has 0 radical (unpaired) electrons. The van der Waals surface area contributed by atoms with Crippen molar-refractivity contribution in [3.05, 3.63) is 35.4 Å². The first kappa shape index (κ1) is 15.5. The van der Waals surface area contributed by atoms with Crippen LogP contribution >= 0.6 is 0 Å². The van der Waals surface area contributed by atoms with Crippen molar-refractivity contribution < 1.29 is 4.74 Å². The van der Waals surface area contributed by atoms with E-state index in [1.165, 1.54) is 30.4 Å². The number of hydrogen-bond acceptors (Lipinski definition) is 3. The fourth-order valence-electron chi connectivity index (χ4n) is 3.50. The molecule has 0 amide bonds. The Labute approximate surface area is 123 Å². The van der Waals surface area contributed by atoms with Crippen molar-refractivity contribution in [3.8, 4) is 0 Å². The summed E-state index contributed by atoms with van der Waals surface area (Å²) in [6, 6.07) is 10.4. The lowest BCUT2D eigenvalue weighted by Crippen LogP contribution is -2.41. The fraction of sp³-hybridized carbons (Fsp3) is 0.647. The Morgan fingerprint density at radius 3 is 2.55 bits per heavy atom. The summed E-state index contributed by atoms with van der Waals surface area (Å²) in [4.78, 5) is 2.63. The minimum absolute atomic E-state index is 0.342. The van der Waals surface area contributed by atoms with E-state index in [0.29, 0.717) is 31.3 Å². The average Bonchev–Trinajstić information content (AvgIpc) is 2.83. The molecule has 2 N–H and O–H groups in total. The summed E-state index contributed by atoms with van der Waals surface area (Å²) in [6.07, 6.45) is 3.80. The molecular weight excluding hydrogens is 248 g/mol. The molecule has 20 heavy (non-hydrogen) atoms. The molecule has 0 spiro atoms. The minimum atomic E-state index is 0.342. The normalized spacial score (nSPS) is 25.0. The van der Waals surface area contributed by atoms with Crippen LogP contribution in [0.5, 0.6) is 0 Å². The lowest BCUT2D eigenvalue weighted by atomic mass is 10.0. The third-order valence-electron chi connectivity index (χ3n) is 4.58. The first-order valence-corrected chi connectivity index (χ1v) is 7.76. The highest BCUT2D eigenvalue weighted by atomic mass is 16.5. The Hall–Kier alpha value is -0.900. The first-order valence-electron chi connectivity index (χ1n) is 7.76. The van der Waals surface area contributed by atoms with Crippen LogP contribution in [0.25, 0.3) is 0 Å². The molecule has 3 heteroatoms. The highest BCUT2D eigenvalue weighted by Gasteiger charge is 2.34. The third-order valence-corrected chi connectivity index (χ3v) is 4.58. The van der Waals surface area contributed by atoms with Crippen LogP contribution in [0.15, 0.2) is 24.3 Å². The largest absolute Gasteiger partial charge is 0.380 e. The minimum Gasteiger partial charge on any atom is -0.380 e. The van der Waals surface area contributed by atoms with E-state index >= 15 is 0 Å². The predicted octanol–water partition coefficient (Wildman–Crippen LogP) is 3.10. The van der Waals surface area contributed by atoms with Crippen molar-refractivity contribution in [2.45, 2.75) is 57.8 Å². The smallest absolute Gasteiger partial charge is 0.0713 e. The van der Waals surface area contributed by atoms with Gasteiger partial charge in [-0.3, -0.25) is 4.90 Å². The lowest BCUT2D eigenvalue weighted by Gasteiger charge is -2.35. The van der Waals surface area contributed by atoms with Crippen LogP contribution in [-0.4, -0.2) is 30.6 Å². The molecule has 0 aliphatic carbocycles. The summed E-state index contributed by atoms with van der Waals surface area (Å²) in [5.74, 6) is 0. The van der Waals surface area contributed by atoms with Gasteiger partial charge in [0, 0.05) is 31.8 Å². The van der Waals surface area contributed by atoms with Gasteiger partial charge in [-0.25, -0.2) is 0 Å². The van der Waals surface area contributed by atoms with Gasteiger partial charge in [0.1, 0.15) is 0 Å². The summed E-state index contributed by atoms with van der Waals surface area (Å²) in [5.41, 5.74) is 8.64. The standard InChI is InChI=1S/C17H28N2O/c1-4-16-10-5-13(2)19(16)17(11-18)15-8-6-14(7-9-15)12-20-3/h6-9,13,16-17H,4-5,10-12,18H2,1-3H3. The molecule has 0 saturated carbocycles. The van der Waals surface area contributed by atoms with Crippen LogP contribution < -0.4 is 5.73 Å². The zero-order valence-electron chi connectivity index (χ0n) is 13.0. The first-order chi connectivity index (χ1) is 9.71. The number of rotatable bonds is 6. The Morgan fingerprint density at radius 2 is 2.00 bits per heavy atom. The second-order valence-electron chi connectivity index (χ2n) is 5.86. The molecule has 1 aromatic carbocycles. The molecule has 3 nitrogen and oxygen atoms in total. The van der Waals surface area contributed by atoms with E-state index < -0.39 is 0 Å². The summed E-state index contributed by atoms with van der Waals surface area (Å²) in [5, 5.41) is 0. The van der Waals surface area contributed by atoms with Gasteiger partial charge in [-0.1, -0.05) is 31.2 Å². The second-order valence-corrected chi connectivity index (χ2v) is 5.86. The van der Waals surface area contributed by atoms with Crippen molar-refractivity contribution in [2.75, 3.05) is 13.7 Å². The molecule has 0 aromatic heterocycles. The van der Waals surface area contributed by atoms with Crippen LogP contribution in [-0.2, 0) is 11.3 Å². The average molecular weight is 276 g/mol. The molecule has 0 bridgehead atoms. The number of hydrogen-bond donors (Lipinski definition) is 1. The molecule has 2 rings (SSSR count). The molecule has 1 aliphatic rings. The van der Waals surface area contributed by atoms with E-state index in [1.807, 2.05) is 0 Å². The van der Waals surface area contributed by atoms with Crippen molar-refractivity contribution in [1.82, 2.24) is 4.90 Å². The Morgan fingerprint density at radius 1 is 1.30 bits per heavy atom. The Kier molecular flexibility index (Phi) is 5.58. The maximum absolute atomic E-state index is 6.09. The Bertz CT molecular complexity index is 404. The van der Waals surface area contributed by atoms with E-state index in [9.17, 15) is 0 Å². The molecule has 1 aliphatic heterocycles. The van der Waals surface area contributed by atoms with Crippen molar-refractivity contribution >= 4 is 0 Å². The SMILES string of the molecule is CCC1CCC(C)N1C(CN)c1ccc(COC)cc1. The van der Waals surface area contributed by atoms with E-state index in [0.717, 1.165) is 0 Å². The molecule has 3 unspecified atom stereocenters. The van der Waals surface area contributed by atoms with Crippen molar-refractivity contribution in [1.29, 1.82) is 0 Å². The summed E-state index contributed by atoms with van der Waals surface area (Å²) in [7, 11) is 1.73. The monoisotopic (exact) mass is 276 g/mol. The summed E-state index contributed by atoms with van der Waals surface area (Å²) < 4.78 is 5.17. The lowest BCUT2D eigenvalue weighted by molar-refractivity contribution is 0.136. The van der Waals surface area contributed by atoms with Gasteiger partial charge in [0.15, 0.2) is 0 Å². The van der Waals surface area contributed by atoms with Crippen LogP contribution in [0.1, 0.15) is 50.3 Å². The van der Waals surface area contributed by atoms with E-state index in [-0.39, 0.29) is 0 Å². The number of methoxy groups -OCH3 is 1. The maximum Gasteiger partial charge on any atom is 0.0713 e.